The highest BCUT2D eigenvalue weighted by atomic mass is 16.5. The van der Waals surface area contributed by atoms with Crippen molar-refractivity contribution in [2.75, 3.05) is 11.9 Å². The summed E-state index contributed by atoms with van der Waals surface area (Å²) in [7, 11) is 1.94. The highest BCUT2D eigenvalue weighted by Crippen LogP contribution is 2.19. The van der Waals surface area contributed by atoms with Crippen molar-refractivity contribution in [1.82, 2.24) is 20.3 Å². The van der Waals surface area contributed by atoms with Gasteiger partial charge in [0.05, 0.1) is 12.1 Å². The van der Waals surface area contributed by atoms with Crippen molar-refractivity contribution in [2.24, 2.45) is 0 Å². The lowest BCUT2D eigenvalue weighted by Gasteiger charge is -2.16. The summed E-state index contributed by atoms with van der Waals surface area (Å²) in [6.45, 7) is 2.41. The first-order valence-electron chi connectivity index (χ1n) is 6.09. The number of hydrogen-bond donors (Lipinski definition) is 0. The molecule has 0 atom stereocenters. The molecule has 0 spiro atoms. The summed E-state index contributed by atoms with van der Waals surface area (Å²) in [6, 6.07) is 5.62. The SMILES string of the molecule is Cc1noc(-c2ccc(N(C)Cc3ccon3)nc2)n1. The Labute approximate surface area is 115 Å². The molecule has 0 fully saturated rings. The Balaban J connectivity index is 1.75. The average Bonchev–Trinajstić information content (AvgIpc) is 3.10. The summed E-state index contributed by atoms with van der Waals surface area (Å²) < 4.78 is 9.90. The van der Waals surface area contributed by atoms with E-state index in [1.807, 2.05) is 30.1 Å². The number of aryl methyl sites for hydroxylation is 1. The number of hydrogen-bond acceptors (Lipinski definition) is 7. The van der Waals surface area contributed by atoms with E-state index in [0.29, 0.717) is 18.3 Å². The Morgan fingerprint density at radius 3 is 2.70 bits per heavy atom. The lowest BCUT2D eigenvalue weighted by Crippen LogP contribution is -2.17. The molecular formula is C13H13N5O2. The molecule has 0 bridgehead atoms. The number of pyridine rings is 1. The quantitative estimate of drug-likeness (QED) is 0.718. The van der Waals surface area contributed by atoms with Crippen LogP contribution in [0.25, 0.3) is 11.5 Å². The lowest BCUT2D eigenvalue weighted by atomic mass is 10.2. The van der Waals surface area contributed by atoms with E-state index in [1.165, 1.54) is 0 Å². The normalized spacial score (nSPS) is 10.7. The van der Waals surface area contributed by atoms with Gasteiger partial charge in [0.25, 0.3) is 5.89 Å². The molecule has 3 rings (SSSR count). The van der Waals surface area contributed by atoms with Crippen molar-refractivity contribution >= 4 is 5.82 Å². The zero-order valence-electron chi connectivity index (χ0n) is 11.1. The third-order valence-corrected chi connectivity index (χ3v) is 2.80. The minimum Gasteiger partial charge on any atom is -0.364 e. The van der Waals surface area contributed by atoms with Gasteiger partial charge in [-0.1, -0.05) is 10.3 Å². The van der Waals surface area contributed by atoms with Gasteiger partial charge < -0.3 is 13.9 Å². The van der Waals surface area contributed by atoms with Gasteiger partial charge in [-0.2, -0.15) is 4.98 Å². The van der Waals surface area contributed by atoms with Gasteiger partial charge in [0.15, 0.2) is 5.82 Å². The van der Waals surface area contributed by atoms with Gasteiger partial charge in [-0.15, -0.1) is 0 Å². The van der Waals surface area contributed by atoms with Crippen molar-refractivity contribution in [3.63, 3.8) is 0 Å². The molecule has 0 aliphatic carbocycles. The van der Waals surface area contributed by atoms with Crippen molar-refractivity contribution in [3.8, 4) is 11.5 Å². The average molecular weight is 271 g/mol. The fraction of sp³-hybridized carbons (Fsp3) is 0.231. The van der Waals surface area contributed by atoms with Crippen LogP contribution in [-0.4, -0.2) is 27.3 Å². The maximum Gasteiger partial charge on any atom is 0.259 e. The predicted octanol–water partition coefficient (Wildman–Crippen LogP) is 2.06. The van der Waals surface area contributed by atoms with E-state index in [9.17, 15) is 0 Å². The summed E-state index contributed by atoms with van der Waals surface area (Å²) in [6.07, 6.45) is 3.26. The molecule has 0 N–H and O–H groups in total. The fourth-order valence-corrected chi connectivity index (χ4v) is 1.80. The molecule has 102 valence electrons. The van der Waals surface area contributed by atoms with Crippen molar-refractivity contribution in [2.45, 2.75) is 13.5 Å². The van der Waals surface area contributed by atoms with Gasteiger partial charge >= 0.3 is 0 Å². The van der Waals surface area contributed by atoms with E-state index in [4.69, 9.17) is 9.05 Å². The lowest BCUT2D eigenvalue weighted by molar-refractivity contribution is 0.411. The van der Waals surface area contributed by atoms with E-state index in [0.717, 1.165) is 17.1 Å². The standard InChI is InChI=1S/C13H13N5O2/c1-9-15-13(20-16-9)10-3-4-12(14-7-10)18(2)8-11-5-6-19-17-11/h3-7H,8H2,1-2H3. The highest BCUT2D eigenvalue weighted by molar-refractivity contribution is 5.54. The molecule has 0 aliphatic rings. The largest absolute Gasteiger partial charge is 0.364 e. The van der Waals surface area contributed by atoms with Crippen molar-refractivity contribution in [1.29, 1.82) is 0 Å². The van der Waals surface area contributed by atoms with Gasteiger partial charge in [-0.05, 0) is 19.1 Å². The Bertz CT molecular complexity index is 675. The summed E-state index contributed by atoms with van der Waals surface area (Å²) in [5.74, 6) is 1.90. The Kier molecular flexibility index (Phi) is 3.16. The molecule has 3 aromatic rings. The zero-order valence-corrected chi connectivity index (χ0v) is 11.1. The molecule has 3 heterocycles. The molecule has 3 aromatic heterocycles. The smallest absolute Gasteiger partial charge is 0.259 e. The number of anilines is 1. The van der Waals surface area contributed by atoms with E-state index < -0.39 is 0 Å². The second-order valence-electron chi connectivity index (χ2n) is 4.40. The van der Waals surface area contributed by atoms with E-state index in [1.54, 1.807) is 19.4 Å². The first kappa shape index (κ1) is 12.3. The second kappa shape index (κ2) is 5.12. The molecule has 0 saturated heterocycles. The number of rotatable bonds is 4. The Morgan fingerprint density at radius 1 is 1.20 bits per heavy atom. The molecule has 0 aliphatic heterocycles. The maximum absolute atomic E-state index is 5.10. The first-order chi connectivity index (χ1) is 9.72. The van der Waals surface area contributed by atoms with Crippen LogP contribution in [-0.2, 0) is 6.54 Å². The summed E-state index contributed by atoms with van der Waals surface area (Å²) >= 11 is 0. The van der Waals surface area contributed by atoms with Gasteiger partial charge in [-0.3, -0.25) is 0 Å². The first-order valence-corrected chi connectivity index (χ1v) is 6.09. The van der Waals surface area contributed by atoms with Crippen LogP contribution >= 0.6 is 0 Å². The summed E-state index contributed by atoms with van der Waals surface area (Å²) in [4.78, 5) is 10.5. The fourth-order valence-electron chi connectivity index (χ4n) is 1.80. The molecule has 0 aromatic carbocycles. The van der Waals surface area contributed by atoms with Gasteiger partial charge in [0.2, 0.25) is 0 Å². The zero-order chi connectivity index (χ0) is 13.9. The molecule has 7 nitrogen and oxygen atoms in total. The molecule has 20 heavy (non-hydrogen) atoms. The predicted molar refractivity (Wildman–Crippen MR) is 70.9 cm³/mol. The van der Waals surface area contributed by atoms with Gasteiger partial charge in [0, 0.05) is 19.3 Å². The minimum absolute atomic E-state index is 0.473. The van der Waals surface area contributed by atoms with Crippen LogP contribution in [0.3, 0.4) is 0 Å². The third-order valence-electron chi connectivity index (χ3n) is 2.80. The van der Waals surface area contributed by atoms with Crippen LogP contribution in [0.15, 0.2) is 39.7 Å². The molecule has 0 amide bonds. The molecule has 0 unspecified atom stereocenters. The Morgan fingerprint density at radius 2 is 2.10 bits per heavy atom. The van der Waals surface area contributed by atoms with Gasteiger partial charge in [0.1, 0.15) is 17.8 Å². The van der Waals surface area contributed by atoms with Crippen LogP contribution < -0.4 is 4.90 Å². The van der Waals surface area contributed by atoms with E-state index >= 15 is 0 Å². The monoisotopic (exact) mass is 271 g/mol. The van der Waals surface area contributed by atoms with Gasteiger partial charge in [-0.25, -0.2) is 4.98 Å². The summed E-state index contributed by atoms with van der Waals surface area (Å²) in [5.41, 5.74) is 1.65. The Hall–Kier alpha value is -2.70. The maximum atomic E-state index is 5.10. The topological polar surface area (TPSA) is 81.1 Å². The van der Waals surface area contributed by atoms with Crippen LogP contribution in [0.4, 0.5) is 5.82 Å². The van der Waals surface area contributed by atoms with E-state index in [2.05, 4.69) is 20.3 Å². The molecule has 7 heteroatoms. The summed E-state index contributed by atoms with van der Waals surface area (Å²) in [5, 5.41) is 7.63. The van der Waals surface area contributed by atoms with Crippen LogP contribution in [0.2, 0.25) is 0 Å². The molecule has 0 radical (unpaired) electrons. The van der Waals surface area contributed by atoms with Crippen molar-refractivity contribution < 1.29 is 9.05 Å². The van der Waals surface area contributed by atoms with Crippen LogP contribution in [0, 0.1) is 6.92 Å². The van der Waals surface area contributed by atoms with E-state index in [-0.39, 0.29) is 0 Å². The molecular weight excluding hydrogens is 258 g/mol. The molecule has 0 saturated carbocycles. The minimum atomic E-state index is 0.473. The number of nitrogens with zero attached hydrogens (tertiary/aromatic N) is 5. The second-order valence-corrected chi connectivity index (χ2v) is 4.40. The highest BCUT2D eigenvalue weighted by Gasteiger charge is 2.09. The number of aromatic nitrogens is 4. The van der Waals surface area contributed by atoms with Crippen LogP contribution in [0.1, 0.15) is 11.5 Å². The third kappa shape index (κ3) is 2.51. The van der Waals surface area contributed by atoms with Crippen LogP contribution in [0.5, 0.6) is 0 Å². The van der Waals surface area contributed by atoms with Crippen molar-refractivity contribution in [3.05, 3.63) is 42.2 Å².